The largest absolute Gasteiger partial charge is 0.492 e. The molecule has 1 atom stereocenters. The second kappa shape index (κ2) is 12.1. The van der Waals surface area contributed by atoms with Crippen molar-refractivity contribution in [3.05, 3.63) is 66.0 Å². The predicted octanol–water partition coefficient (Wildman–Crippen LogP) is 5.58. The number of anilines is 3. The second-order valence-corrected chi connectivity index (χ2v) is 14.9. The summed E-state index contributed by atoms with van der Waals surface area (Å²) in [7, 11) is -0.345. The number of hydrogen-bond donors (Lipinski definition) is 2. The van der Waals surface area contributed by atoms with E-state index in [-0.39, 0.29) is 22.8 Å². The van der Waals surface area contributed by atoms with Crippen molar-refractivity contribution in [1.29, 1.82) is 0 Å². The third kappa shape index (κ3) is 6.50. The number of rotatable bonds is 8. The molecule has 4 aromatic rings. The Morgan fingerprint density at radius 1 is 1.04 bits per heavy atom. The number of carbonyl (C=O) groups is 1. The van der Waals surface area contributed by atoms with Crippen LogP contribution in [0, 0.1) is 0 Å². The van der Waals surface area contributed by atoms with Gasteiger partial charge in [-0.2, -0.15) is 0 Å². The number of ether oxygens (including phenoxy) is 2. The molecule has 2 N–H and O–H groups in total. The fourth-order valence-electron chi connectivity index (χ4n) is 6.48. The lowest BCUT2D eigenvalue weighted by Gasteiger charge is -2.38. The van der Waals surface area contributed by atoms with Crippen LogP contribution in [0.3, 0.4) is 0 Å². The number of nitrogens with one attached hydrogen (secondary N) is 2. The Hall–Kier alpha value is -4.29. The summed E-state index contributed by atoms with van der Waals surface area (Å²) in [6, 6.07) is 15.5. The van der Waals surface area contributed by atoms with E-state index in [1.54, 1.807) is 16.8 Å². The van der Waals surface area contributed by atoms with Gasteiger partial charge in [-0.15, -0.1) is 0 Å². The lowest BCUT2D eigenvalue weighted by atomic mass is 9.86. The zero-order valence-corrected chi connectivity index (χ0v) is 28.1. The number of aromatic nitrogens is 2. The van der Waals surface area contributed by atoms with Crippen molar-refractivity contribution in [2.45, 2.75) is 45.1 Å². The summed E-state index contributed by atoms with van der Waals surface area (Å²) in [6.45, 7) is 10.2. The molecule has 2 aliphatic rings. The number of methoxy groups -OCH3 is 1. The van der Waals surface area contributed by atoms with E-state index in [9.17, 15) is 13.2 Å². The first-order chi connectivity index (χ1) is 21.8. The van der Waals surface area contributed by atoms with E-state index < -0.39 is 10.0 Å². The molecule has 4 heterocycles. The lowest BCUT2D eigenvalue weighted by Crippen LogP contribution is -2.50. The Labute approximate surface area is 270 Å². The maximum absolute atomic E-state index is 13.8. The molecule has 0 saturated carbocycles. The van der Waals surface area contributed by atoms with Crippen LogP contribution in [0.4, 0.5) is 17.2 Å². The molecule has 0 spiro atoms. The van der Waals surface area contributed by atoms with Crippen LogP contribution in [0.2, 0.25) is 0 Å². The van der Waals surface area contributed by atoms with Gasteiger partial charge < -0.3 is 24.3 Å². The molecule has 244 valence electrons. The highest BCUT2D eigenvalue weighted by Gasteiger charge is 2.31. The molecule has 0 bridgehead atoms. The van der Waals surface area contributed by atoms with Crippen molar-refractivity contribution in [1.82, 2.24) is 14.5 Å². The highest BCUT2D eigenvalue weighted by Crippen LogP contribution is 2.40. The monoisotopic (exact) mass is 646 g/mol. The number of carbonyl (C=O) groups excluding carboxylic acids is 1. The number of benzene rings is 2. The van der Waals surface area contributed by atoms with Gasteiger partial charge >= 0.3 is 0 Å². The Morgan fingerprint density at radius 3 is 2.57 bits per heavy atom. The summed E-state index contributed by atoms with van der Waals surface area (Å²) >= 11 is 0. The number of sulfonamides is 1. The van der Waals surface area contributed by atoms with Crippen molar-refractivity contribution in [3.8, 4) is 17.2 Å². The average molecular weight is 647 g/mol. The first kappa shape index (κ1) is 31.7. The molecule has 2 aromatic carbocycles. The van der Waals surface area contributed by atoms with E-state index in [1.807, 2.05) is 70.3 Å². The van der Waals surface area contributed by atoms with Gasteiger partial charge in [-0.25, -0.2) is 13.4 Å². The maximum atomic E-state index is 13.8. The van der Waals surface area contributed by atoms with Crippen LogP contribution in [-0.4, -0.2) is 74.4 Å². The van der Waals surface area contributed by atoms with Crippen molar-refractivity contribution in [2.24, 2.45) is 7.05 Å². The van der Waals surface area contributed by atoms with Crippen LogP contribution < -0.4 is 24.4 Å². The molecule has 2 aliphatic heterocycles. The topological polar surface area (TPSA) is 118 Å². The molecule has 2 aromatic heterocycles. The fourth-order valence-corrected chi connectivity index (χ4v) is 7.03. The third-order valence-corrected chi connectivity index (χ3v) is 9.40. The Bertz CT molecular complexity index is 1900. The number of aryl methyl sites for hydroxylation is 1. The highest BCUT2D eigenvalue weighted by molar-refractivity contribution is 7.92. The number of nitrogens with zero attached hydrogens (tertiary/aromatic N) is 4. The summed E-state index contributed by atoms with van der Waals surface area (Å²) in [4.78, 5) is 23.4. The zero-order valence-electron chi connectivity index (χ0n) is 27.3. The van der Waals surface area contributed by atoms with Gasteiger partial charge in [0.25, 0.3) is 5.91 Å². The first-order valence-electron chi connectivity index (χ1n) is 15.5. The fraction of sp³-hybridized carbons (Fsp3) is 0.412. The number of piperazine rings is 1. The Kier molecular flexibility index (Phi) is 8.36. The third-order valence-electron chi connectivity index (χ3n) is 8.81. The van der Waals surface area contributed by atoms with Crippen molar-refractivity contribution < 1.29 is 22.7 Å². The minimum atomic E-state index is -3.61. The number of fused-ring (bicyclic) bond motifs is 2. The number of para-hydroxylation sites is 1. The molecule has 1 unspecified atom stereocenters. The molecule has 6 rings (SSSR count). The first-order valence-corrected chi connectivity index (χ1v) is 17.4. The summed E-state index contributed by atoms with van der Waals surface area (Å²) < 4.78 is 40.7. The Balaban J connectivity index is 1.29. The molecule has 2 saturated heterocycles. The predicted molar refractivity (Wildman–Crippen MR) is 182 cm³/mol. The van der Waals surface area contributed by atoms with Crippen LogP contribution in [0.15, 0.2) is 54.7 Å². The van der Waals surface area contributed by atoms with Gasteiger partial charge in [0.1, 0.15) is 17.3 Å². The van der Waals surface area contributed by atoms with Gasteiger partial charge in [0.2, 0.25) is 10.0 Å². The second-order valence-electron chi connectivity index (χ2n) is 13.2. The summed E-state index contributed by atoms with van der Waals surface area (Å²) in [5.74, 6) is 2.03. The van der Waals surface area contributed by atoms with Gasteiger partial charge in [0, 0.05) is 50.4 Å². The molecule has 1 amide bonds. The smallest absolute Gasteiger partial charge is 0.272 e. The quantitative estimate of drug-likeness (QED) is 0.255. The standard InChI is InChI=1S/C34H42N6O5S/c1-34(2,3)23-18-26(32(44-5)27(19-23)37-46(6,42)43)36-33(41)28-17-22-9-7-11-29(31(22)38(28)4)45-25-12-13-35-30(20-25)40-16-15-39-14-8-10-24(39)21-40/h7,9,11-13,17-20,24,37H,8,10,14-16,21H2,1-6H3,(H,36,41). The highest BCUT2D eigenvalue weighted by atomic mass is 32.2. The molecule has 2 fully saturated rings. The van der Waals surface area contributed by atoms with Crippen LogP contribution in [0.1, 0.15) is 49.7 Å². The van der Waals surface area contributed by atoms with E-state index >= 15 is 0 Å². The van der Waals surface area contributed by atoms with Crippen molar-refractivity contribution in [3.63, 3.8) is 0 Å². The summed E-state index contributed by atoms with van der Waals surface area (Å²) in [5.41, 5.74) is 2.27. The van der Waals surface area contributed by atoms with Gasteiger partial charge in [-0.05, 0) is 60.7 Å². The van der Waals surface area contributed by atoms with Crippen molar-refractivity contribution >= 4 is 44.0 Å². The molecule has 46 heavy (non-hydrogen) atoms. The summed E-state index contributed by atoms with van der Waals surface area (Å²) in [6.07, 6.45) is 5.34. The van der Waals surface area contributed by atoms with E-state index in [2.05, 4.69) is 24.8 Å². The van der Waals surface area contributed by atoms with E-state index in [1.165, 1.54) is 26.5 Å². The average Bonchev–Trinajstić information content (AvgIpc) is 3.60. The molecule has 11 nitrogen and oxygen atoms in total. The Morgan fingerprint density at radius 2 is 1.83 bits per heavy atom. The minimum absolute atomic E-state index is 0.220. The number of pyridine rings is 1. The van der Waals surface area contributed by atoms with E-state index in [0.29, 0.717) is 28.9 Å². The van der Waals surface area contributed by atoms with Gasteiger partial charge in [-0.3, -0.25) is 14.4 Å². The number of amides is 1. The van der Waals surface area contributed by atoms with E-state index in [0.717, 1.165) is 48.2 Å². The normalized spacial score (nSPS) is 17.2. The maximum Gasteiger partial charge on any atom is 0.272 e. The van der Waals surface area contributed by atoms with E-state index in [4.69, 9.17) is 9.47 Å². The zero-order chi connectivity index (χ0) is 32.8. The van der Waals surface area contributed by atoms with Crippen LogP contribution >= 0.6 is 0 Å². The molecular weight excluding hydrogens is 604 g/mol. The van der Waals surface area contributed by atoms with Crippen molar-refractivity contribution in [2.75, 3.05) is 54.5 Å². The molecule has 0 radical (unpaired) electrons. The van der Waals surface area contributed by atoms with Crippen LogP contribution in [0.5, 0.6) is 17.2 Å². The molecular formula is C34H42N6O5S. The van der Waals surface area contributed by atoms with Crippen LogP contribution in [0.25, 0.3) is 10.9 Å². The molecule has 12 heteroatoms. The van der Waals surface area contributed by atoms with Crippen LogP contribution in [-0.2, 0) is 22.5 Å². The van der Waals surface area contributed by atoms with Gasteiger partial charge in [-0.1, -0.05) is 32.9 Å². The minimum Gasteiger partial charge on any atom is -0.492 e. The molecule has 0 aliphatic carbocycles. The lowest BCUT2D eigenvalue weighted by molar-refractivity contribution is 0.101. The summed E-state index contributed by atoms with van der Waals surface area (Å²) in [5, 5.41) is 3.81. The number of hydrogen-bond acceptors (Lipinski definition) is 8. The van der Waals surface area contributed by atoms with Gasteiger partial charge in [0.05, 0.1) is 30.3 Å². The SMILES string of the molecule is COc1c(NC(=O)c2cc3cccc(Oc4ccnc(N5CCN6CCCC6C5)c4)c3n2C)cc(C(C)(C)C)cc1NS(C)(=O)=O. The van der Waals surface area contributed by atoms with Gasteiger partial charge in [0.15, 0.2) is 11.5 Å².